The Hall–Kier alpha value is -3.65. The van der Waals surface area contributed by atoms with Crippen LogP contribution in [0.4, 0.5) is 38.3 Å². The summed E-state index contributed by atoms with van der Waals surface area (Å²) in [5.41, 5.74) is 2.55. The molecule has 0 spiro atoms. The van der Waals surface area contributed by atoms with Crippen molar-refractivity contribution < 1.29 is 36.6 Å². The molecule has 44 heavy (non-hydrogen) atoms. The van der Waals surface area contributed by atoms with Crippen LogP contribution in [0.3, 0.4) is 0 Å². The maximum Gasteiger partial charge on any atom is 0.407 e. The largest absolute Gasteiger partial charge is 0.465 e. The van der Waals surface area contributed by atoms with Gasteiger partial charge in [-0.3, -0.25) is 9.80 Å². The van der Waals surface area contributed by atoms with E-state index in [1.807, 2.05) is 9.80 Å². The van der Waals surface area contributed by atoms with E-state index in [1.54, 1.807) is 0 Å². The maximum atomic E-state index is 16.4. The topological polar surface area (TPSA) is 108 Å². The zero-order valence-electron chi connectivity index (χ0n) is 23.3. The number of anilines is 2. The normalized spacial score (nSPS) is 26.5. The van der Waals surface area contributed by atoms with Crippen LogP contribution in [0.2, 0.25) is 5.02 Å². The number of nitrogen functional groups attached to an aromatic ring is 1. The highest BCUT2D eigenvalue weighted by Crippen LogP contribution is 2.44. The number of amides is 1. The van der Waals surface area contributed by atoms with Gasteiger partial charge in [0.25, 0.3) is 0 Å². The van der Waals surface area contributed by atoms with Crippen molar-refractivity contribution in [2.45, 2.75) is 55.9 Å². The summed E-state index contributed by atoms with van der Waals surface area (Å²) in [6, 6.07) is 1.73. The number of nitrogens with zero attached hydrogens (tertiary/aromatic N) is 5. The summed E-state index contributed by atoms with van der Waals surface area (Å²) in [7, 11) is 0. The number of aromatic nitrogens is 2. The molecule has 4 fully saturated rings. The van der Waals surface area contributed by atoms with E-state index in [0.29, 0.717) is 25.8 Å². The molecule has 2 bridgehead atoms. The molecule has 3 N–H and O–H groups in total. The number of carboxylic acid groups (broad SMARTS) is 1. The van der Waals surface area contributed by atoms with Crippen molar-refractivity contribution in [3.63, 3.8) is 0 Å². The molecule has 1 amide bonds. The molecule has 1 aromatic heterocycles. The van der Waals surface area contributed by atoms with Gasteiger partial charge in [-0.1, -0.05) is 17.7 Å². The van der Waals surface area contributed by atoms with Gasteiger partial charge in [0, 0.05) is 42.6 Å². The Balaban J connectivity index is 1.34. The minimum atomic E-state index is -1.90. The molecular formula is C29H28ClF5N6O3. The number of ether oxygens (including phenoxy) is 1. The van der Waals surface area contributed by atoms with Crippen molar-refractivity contribution in [3.05, 3.63) is 40.4 Å². The Kier molecular flexibility index (Phi) is 6.92. The lowest BCUT2D eigenvalue weighted by molar-refractivity contribution is 0.107. The SMILES string of the molecule is Nc1c(F)c(F)c(F)c(-c2ccc3c(N4C[C@H]5CC[C@@H](C4)N5C(=O)O)nc(OC[C@@]45CCCN4C[C@H](F)C5)nc3c2F)c1Cl. The molecule has 15 heteroatoms. The number of rotatable bonds is 5. The lowest BCUT2D eigenvalue weighted by atomic mass is 9.95. The van der Waals surface area contributed by atoms with Gasteiger partial charge in [-0.25, -0.2) is 26.7 Å². The Morgan fingerprint density at radius 1 is 1.07 bits per heavy atom. The highest BCUT2D eigenvalue weighted by molar-refractivity contribution is 6.36. The average molecular weight is 639 g/mol. The number of hydrogen-bond acceptors (Lipinski definition) is 7. The first-order chi connectivity index (χ1) is 21.0. The van der Waals surface area contributed by atoms with Crippen molar-refractivity contribution in [2.75, 3.05) is 43.4 Å². The van der Waals surface area contributed by atoms with Crippen molar-refractivity contribution in [3.8, 4) is 17.1 Å². The lowest BCUT2D eigenvalue weighted by Gasteiger charge is -2.40. The summed E-state index contributed by atoms with van der Waals surface area (Å²) in [5, 5.41) is 9.22. The number of halogens is 6. The van der Waals surface area contributed by atoms with Crippen molar-refractivity contribution in [1.82, 2.24) is 19.8 Å². The molecule has 0 aliphatic carbocycles. The summed E-state index contributed by atoms with van der Waals surface area (Å²) in [5.74, 6) is -6.13. The van der Waals surface area contributed by atoms with Gasteiger partial charge in [-0.15, -0.1) is 0 Å². The van der Waals surface area contributed by atoms with E-state index in [1.165, 1.54) is 11.0 Å². The Labute approximate surface area is 253 Å². The third kappa shape index (κ3) is 4.39. The number of nitrogens with two attached hydrogens (primary N) is 1. The summed E-state index contributed by atoms with van der Waals surface area (Å²) in [4.78, 5) is 26.1. The average Bonchev–Trinajstić information content (AvgIpc) is 3.62. The molecule has 9 nitrogen and oxygen atoms in total. The second-order valence-corrected chi connectivity index (χ2v) is 12.4. The van der Waals surface area contributed by atoms with Gasteiger partial charge in [0.15, 0.2) is 23.3 Å². The van der Waals surface area contributed by atoms with Gasteiger partial charge < -0.3 is 20.5 Å². The quantitative estimate of drug-likeness (QED) is 0.166. The summed E-state index contributed by atoms with van der Waals surface area (Å²) < 4.78 is 80.2. The van der Waals surface area contributed by atoms with E-state index in [9.17, 15) is 27.5 Å². The van der Waals surface area contributed by atoms with Gasteiger partial charge >= 0.3 is 12.1 Å². The van der Waals surface area contributed by atoms with Crippen LogP contribution in [0.15, 0.2) is 12.1 Å². The molecule has 0 radical (unpaired) electrons. The summed E-state index contributed by atoms with van der Waals surface area (Å²) >= 11 is 6.09. The highest BCUT2D eigenvalue weighted by atomic mass is 35.5. The van der Waals surface area contributed by atoms with Crippen LogP contribution in [0.1, 0.15) is 32.1 Å². The van der Waals surface area contributed by atoms with Crippen molar-refractivity contribution >= 4 is 40.1 Å². The van der Waals surface area contributed by atoms with E-state index in [0.717, 1.165) is 19.0 Å². The van der Waals surface area contributed by atoms with Crippen LogP contribution in [0.25, 0.3) is 22.0 Å². The molecule has 4 atom stereocenters. The fourth-order valence-electron chi connectivity index (χ4n) is 7.55. The molecule has 0 saturated carbocycles. The first-order valence-electron chi connectivity index (χ1n) is 14.4. The van der Waals surface area contributed by atoms with Gasteiger partial charge in [-0.2, -0.15) is 9.97 Å². The van der Waals surface area contributed by atoms with E-state index in [4.69, 9.17) is 22.1 Å². The second-order valence-electron chi connectivity index (χ2n) is 12.0. The van der Waals surface area contributed by atoms with E-state index < -0.39 is 62.9 Å². The number of alkyl halides is 1. The monoisotopic (exact) mass is 638 g/mol. The van der Waals surface area contributed by atoms with Crippen LogP contribution in [-0.2, 0) is 0 Å². The lowest BCUT2D eigenvalue weighted by Crippen LogP contribution is -2.55. The van der Waals surface area contributed by atoms with E-state index in [-0.39, 0.29) is 60.9 Å². The fraction of sp³-hybridized carbons (Fsp3) is 0.483. The predicted octanol–water partition coefficient (Wildman–Crippen LogP) is 5.38. The summed E-state index contributed by atoms with van der Waals surface area (Å²) in [6.45, 7) is 1.63. The van der Waals surface area contributed by atoms with E-state index >= 15 is 4.39 Å². The van der Waals surface area contributed by atoms with Crippen LogP contribution in [0.5, 0.6) is 6.01 Å². The molecule has 4 aliphatic heterocycles. The van der Waals surface area contributed by atoms with Gasteiger partial charge in [0.2, 0.25) is 0 Å². The maximum absolute atomic E-state index is 16.4. The fourth-order valence-corrected chi connectivity index (χ4v) is 7.82. The predicted molar refractivity (Wildman–Crippen MR) is 152 cm³/mol. The molecule has 7 rings (SSSR count). The molecule has 234 valence electrons. The molecule has 0 unspecified atom stereocenters. The Bertz CT molecular complexity index is 1660. The van der Waals surface area contributed by atoms with Crippen LogP contribution < -0.4 is 15.4 Å². The van der Waals surface area contributed by atoms with Crippen molar-refractivity contribution in [2.24, 2.45) is 0 Å². The molecule has 2 aromatic carbocycles. The smallest absolute Gasteiger partial charge is 0.407 e. The number of piperazine rings is 1. The Morgan fingerprint density at radius 2 is 1.80 bits per heavy atom. The van der Waals surface area contributed by atoms with Crippen LogP contribution in [0, 0.1) is 23.3 Å². The second kappa shape index (κ2) is 10.5. The van der Waals surface area contributed by atoms with Crippen molar-refractivity contribution in [1.29, 1.82) is 0 Å². The third-order valence-corrected chi connectivity index (χ3v) is 9.96. The minimum Gasteiger partial charge on any atom is -0.465 e. The van der Waals surface area contributed by atoms with Crippen LogP contribution in [-0.4, -0.2) is 87.5 Å². The minimum absolute atomic E-state index is 0.0535. The van der Waals surface area contributed by atoms with Gasteiger partial charge in [0.1, 0.15) is 24.1 Å². The summed E-state index contributed by atoms with van der Waals surface area (Å²) in [6.07, 6.45) is 1.14. The zero-order valence-corrected chi connectivity index (χ0v) is 24.1. The third-order valence-electron chi connectivity index (χ3n) is 9.57. The first kappa shape index (κ1) is 29.1. The first-order valence-corrected chi connectivity index (χ1v) is 14.8. The molecule has 4 aliphatic rings. The van der Waals surface area contributed by atoms with E-state index in [2.05, 4.69) is 9.97 Å². The van der Waals surface area contributed by atoms with Crippen LogP contribution >= 0.6 is 11.6 Å². The number of carbonyl (C=O) groups is 1. The van der Waals surface area contributed by atoms with Gasteiger partial charge in [0.05, 0.1) is 28.3 Å². The molecule has 3 aromatic rings. The standard InChI is InChI=1S/C29H28ClF5N6O3/c30-19-18(21(33)22(34)23(35)24(19)36)16-4-5-17-25(20(16)32)37-27(44-12-29-6-1-7-40(29)9-13(31)8-29)38-26(17)39-10-14-2-3-15(11-39)41(14)28(42)43/h4-5,13-15H,1-3,6-12,36H2,(H,42,43)/t13-,14-,15+,29+/m1/s1. The number of hydrogen-bond donors (Lipinski definition) is 2. The molecule has 5 heterocycles. The Morgan fingerprint density at radius 3 is 2.50 bits per heavy atom. The zero-order chi connectivity index (χ0) is 31.1. The number of fused-ring (bicyclic) bond motifs is 4. The van der Waals surface area contributed by atoms with Gasteiger partial charge in [-0.05, 0) is 38.3 Å². The molecule has 4 saturated heterocycles. The highest BCUT2D eigenvalue weighted by Gasteiger charge is 2.49. The molecular weight excluding hydrogens is 611 g/mol. The number of benzene rings is 2.